The van der Waals surface area contributed by atoms with Crippen LogP contribution >= 0.6 is 22.6 Å². The number of methoxy groups -OCH3 is 2. The topological polar surface area (TPSA) is 87.2 Å². The Bertz CT molecular complexity index is 894. The number of anilines is 2. The summed E-state index contributed by atoms with van der Waals surface area (Å²) in [4.78, 5) is 8.87. The first-order valence-electron chi connectivity index (χ1n) is 7.26. The minimum atomic E-state index is 0.482. The van der Waals surface area contributed by atoms with Crippen molar-refractivity contribution in [2.24, 2.45) is 7.05 Å². The number of aromatic nitrogens is 3. The zero-order chi connectivity index (χ0) is 17.3. The molecule has 0 saturated carbocycles. The molecule has 0 aliphatic carbocycles. The van der Waals surface area contributed by atoms with Crippen molar-refractivity contribution < 1.29 is 9.47 Å². The highest BCUT2D eigenvalue weighted by Gasteiger charge is 2.15. The minimum Gasteiger partial charge on any atom is -0.497 e. The highest BCUT2D eigenvalue weighted by Crippen LogP contribution is 2.30. The Morgan fingerprint density at radius 2 is 2.08 bits per heavy atom. The van der Waals surface area contributed by atoms with Crippen LogP contribution in [0.25, 0.3) is 11.0 Å². The number of imidazole rings is 1. The Morgan fingerprint density at radius 3 is 2.79 bits per heavy atom. The van der Waals surface area contributed by atoms with E-state index in [2.05, 4.69) is 37.9 Å². The summed E-state index contributed by atoms with van der Waals surface area (Å²) in [6.45, 7) is 0.534. The molecule has 0 bridgehead atoms. The van der Waals surface area contributed by atoms with Crippen LogP contribution in [-0.2, 0) is 13.6 Å². The molecule has 24 heavy (non-hydrogen) atoms. The van der Waals surface area contributed by atoms with E-state index in [-0.39, 0.29) is 0 Å². The fourth-order valence-electron chi connectivity index (χ4n) is 2.51. The van der Waals surface area contributed by atoms with Crippen molar-refractivity contribution in [1.82, 2.24) is 14.5 Å². The molecule has 0 aliphatic rings. The number of hydrogen-bond acceptors (Lipinski definition) is 6. The number of pyridine rings is 1. The molecule has 0 spiro atoms. The monoisotopic (exact) mass is 439 g/mol. The highest BCUT2D eigenvalue weighted by atomic mass is 127. The maximum absolute atomic E-state index is 6.04. The van der Waals surface area contributed by atoms with Crippen molar-refractivity contribution in [1.29, 1.82) is 0 Å². The number of fused-ring (bicyclic) bond motifs is 1. The van der Waals surface area contributed by atoms with Gasteiger partial charge in [-0.15, -0.1) is 0 Å². The van der Waals surface area contributed by atoms with Gasteiger partial charge in [0.2, 0.25) is 0 Å². The normalized spacial score (nSPS) is 10.8. The Morgan fingerprint density at radius 1 is 1.29 bits per heavy atom. The number of ether oxygens (including phenoxy) is 2. The summed E-state index contributed by atoms with van der Waals surface area (Å²) < 4.78 is 13.5. The van der Waals surface area contributed by atoms with E-state index < -0.39 is 0 Å². The van der Waals surface area contributed by atoms with E-state index in [1.54, 1.807) is 20.5 Å². The zero-order valence-corrected chi connectivity index (χ0v) is 15.8. The van der Waals surface area contributed by atoms with Crippen molar-refractivity contribution in [2.75, 3.05) is 25.3 Å². The summed E-state index contributed by atoms with van der Waals surface area (Å²) in [5.74, 6) is 2.63. The first kappa shape index (κ1) is 16.6. The van der Waals surface area contributed by atoms with Crippen LogP contribution in [0.3, 0.4) is 0 Å². The van der Waals surface area contributed by atoms with Crippen molar-refractivity contribution >= 4 is 45.3 Å². The summed E-state index contributed by atoms with van der Waals surface area (Å²) in [7, 11) is 5.20. The summed E-state index contributed by atoms with van der Waals surface area (Å²) in [6.07, 6.45) is 1.76. The molecule has 0 atom stereocenters. The number of rotatable bonds is 5. The summed E-state index contributed by atoms with van der Waals surface area (Å²) in [5, 5.41) is 3.31. The van der Waals surface area contributed by atoms with Gasteiger partial charge < -0.3 is 25.1 Å². The Balaban J connectivity index is 1.93. The van der Waals surface area contributed by atoms with Gasteiger partial charge in [0.25, 0.3) is 0 Å². The third-order valence-corrected chi connectivity index (χ3v) is 4.83. The van der Waals surface area contributed by atoms with Gasteiger partial charge in [0.05, 0.1) is 29.6 Å². The fourth-order valence-corrected chi connectivity index (χ4v) is 3.26. The Kier molecular flexibility index (Phi) is 4.65. The third kappa shape index (κ3) is 2.93. The van der Waals surface area contributed by atoms with Crippen LogP contribution in [0.4, 0.5) is 11.6 Å². The summed E-state index contributed by atoms with van der Waals surface area (Å²) in [5.41, 5.74) is 8.78. The molecule has 0 aliphatic heterocycles. The second kappa shape index (κ2) is 6.71. The number of nitrogens with zero attached hydrogens (tertiary/aromatic N) is 3. The van der Waals surface area contributed by atoms with Gasteiger partial charge in [-0.1, -0.05) is 0 Å². The molecular formula is C16H18IN5O2. The van der Waals surface area contributed by atoms with Crippen LogP contribution in [0.15, 0.2) is 24.5 Å². The maximum Gasteiger partial charge on any atom is 0.156 e. The van der Waals surface area contributed by atoms with Gasteiger partial charge in [0, 0.05) is 25.2 Å². The van der Waals surface area contributed by atoms with E-state index in [0.717, 1.165) is 31.7 Å². The average Bonchev–Trinajstić information content (AvgIpc) is 2.98. The molecule has 8 heteroatoms. The average molecular weight is 439 g/mol. The third-order valence-electron chi connectivity index (χ3n) is 3.77. The Hall–Kier alpha value is -2.23. The quantitative estimate of drug-likeness (QED) is 0.595. The number of benzene rings is 1. The number of hydrogen-bond donors (Lipinski definition) is 2. The van der Waals surface area contributed by atoms with Gasteiger partial charge in [-0.05, 0) is 34.7 Å². The molecule has 2 heterocycles. The summed E-state index contributed by atoms with van der Waals surface area (Å²) in [6, 6.07) is 5.70. The van der Waals surface area contributed by atoms with Crippen molar-refractivity contribution in [3.8, 4) is 11.5 Å². The largest absolute Gasteiger partial charge is 0.497 e. The highest BCUT2D eigenvalue weighted by molar-refractivity contribution is 14.1. The fraction of sp³-hybridized carbons (Fsp3) is 0.250. The van der Waals surface area contributed by atoms with Crippen LogP contribution in [0.5, 0.6) is 11.5 Å². The molecule has 0 unspecified atom stereocenters. The second-order valence-corrected chi connectivity index (χ2v) is 6.32. The molecule has 3 rings (SSSR count). The van der Waals surface area contributed by atoms with E-state index in [1.165, 1.54) is 0 Å². The second-order valence-electron chi connectivity index (χ2n) is 5.24. The molecule has 0 radical (unpaired) electrons. The van der Waals surface area contributed by atoms with Crippen LogP contribution in [0.1, 0.15) is 5.56 Å². The predicted molar refractivity (Wildman–Crippen MR) is 103 cm³/mol. The van der Waals surface area contributed by atoms with Gasteiger partial charge in [-0.3, -0.25) is 0 Å². The lowest BCUT2D eigenvalue weighted by Crippen LogP contribution is -2.07. The molecule has 3 aromatic rings. The lowest BCUT2D eigenvalue weighted by atomic mass is 10.2. The SMILES string of the molecule is COc1ccc(CNc2nc(N)c(I)c3c2ncn3C)c(OC)c1. The van der Waals surface area contributed by atoms with E-state index >= 15 is 0 Å². The number of nitrogens with two attached hydrogens (primary N) is 1. The number of nitrogens with one attached hydrogen (secondary N) is 1. The van der Waals surface area contributed by atoms with Crippen molar-refractivity contribution in [3.63, 3.8) is 0 Å². The molecule has 3 N–H and O–H groups in total. The number of nitrogen functional groups attached to an aromatic ring is 1. The molecular weight excluding hydrogens is 421 g/mol. The molecule has 0 fully saturated rings. The van der Waals surface area contributed by atoms with Crippen LogP contribution in [0, 0.1) is 3.57 Å². The Labute approximate surface area is 153 Å². The zero-order valence-electron chi connectivity index (χ0n) is 13.6. The van der Waals surface area contributed by atoms with Crippen molar-refractivity contribution in [2.45, 2.75) is 6.54 Å². The lowest BCUT2D eigenvalue weighted by molar-refractivity contribution is 0.391. The minimum absolute atomic E-state index is 0.482. The smallest absolute Gasteiger partial charge is 0.156 e. The number of halogens is 1. The van der Waals surface area contributed by atoms with E-state index in [1.807, 2.05) is 29.8 Å². The van der Waals surface area contributed by atoms with E-state index in [4.69, 9.17) is 15.2 Å². The van der Waals surface area contributed by atoms with Gasteiger partial charge in [0.1, 0.15) is 22.8 Å². The van der Waals surface area contributed by atoms with Gasteiger partial charge >= 0.3 is 0 Å². The van der Waals surface area contributed by atoms with Crippen LogP contribution in [-0.4, -0.2) is 28.8 Å². The molecule has 7 nitrogen and oxygen atoms in total. The maximum atomic E-state index is 6.04. The predicted octanol–water partition coefficient (Wildman–Crippen LogP) is 2.78. The molecule has 0 saturated heterocycles. The summed E-state index contributed by atoms with van der Waals surface area (Å²) >= 11 is 2.19. The molecule has 126 valence electrons. The molecule has 1 aromatic carbocycles. The van der Waals surface area contributed by atoms with Crippen LogP contribution < -0.4 is 20.5 Å². The lowest BCUT2D eigenvalue weighted by Gasteiger charge is -2.13. The molecule has 2 aromatic heterocycles. The standard InChI is InChI=1S/C16H18IN5O2/c1-22-8-20-13-14(22)12(17)15(18)21-16(13)19-7-9-4-5-10(23-2)6-11(9)24-3/h4-6,8H,7H2,1-3H3,(H3,18,19,21). The first-order valence-corrected chi connectivity index (χ1v) is 8.33. The first-order chi connectivity index (χ1) is 11.5. The van der Waals surface area contributed by atoms with Gasteiger partial charge in [0.15, 0.2) is 5.82 Å². The van der Waals surface area contributed by atoms with Gasteiger partial charge in [-0.2, -0.15) is 0 Å². The van der Waals surface area contributed by atoms with Crippen LogP contribution in [0.2, 0.25) is 0 Å². The van der Waals surface area contributed by atoms with Crippen molar-refractivity contribution in [3.05, 3.63) is 33.7 Å². The molecule has 0 amide bonds. The van der Waals surface area contributed by atoms with Gasteiger partial charge in [-0.25, -0.2) is 9.97 Å². The van der Waals surface area contributed by atoms with E-state index in [9.17, 15) is 0 Å². The number of aryl methyl sites for hydroxylation is 1. The van der Waals surface area contributed by atoms with E-state index in [0.29, 0.717) is 18.2 Å².